The highest BCUT2D eigenvalue weighted by atomic mass is 79.9. The third-order valence-corrected chi connectivity index (χ3v) is 7.18. The van der Waals surface area contributed by atoms with Gasteiger partial charge >= 0.3 is 0 Å². The summed E-state index contributed by atoms with van der Waals surface area (Å²) in [6, 6.07) is 11.3. The van der Waals surface area contributed by atoms with Crippen LogP contribution in [0.25, 0.3) is 6.08 Å². The van der Waals surface area contributed by atoms with Gasteiger partial charge in [0, 0.05) is 6.92 Å². The molecular weight excluding hydrogens is 516 g/mol. The number of hydrogen-bond donors (Lipinski definition) is 0. The van der Waals surface area contributed by atoms with Crippen LogP contribution in [0.4, 0.5) is 5.69 Å². The summed E-state index contributed by atoms with van der Waals surface area (Å²) in [7, 11) is 0. The Hall–Kier alpha value is -2.58. The number of halogens is 1. The topological polar surface area (TPSA) is 68.2 Å². The quantitative estimate of drug-likeness (QED) is 0.389. The molecule has 1 aliphatic heterocycles. The zero-order valence-corrected chi connectivity index (χ0v) is 21.9. The van der Waals surface area contributed by atoms with Crippen molar-refractivity contribution in [1.82, 2.24) is 0 Å². The lowest BCUT2D eigenvalue weighted by molar-refractivity contribution is -0.115. The zero-order chi connectivity index (χ0) is 24.2. The number of anilines is 1. The molecule has 0 N–H and O–H groups in total. The first-order valence-electron chi connectivity index (χ1n) is 11.4. The second-order valence-electron chi connectivity index (χ2n) is 8.29. The van der Waals surface area contributed by atoms with Crippen LogP contribution in [0.2, 0.25) is 0 Å². The Morgan fingerprint density at radius 2 is 1.94 bits per heavy atom. The van der Waals surface area contributed by atoms with Crippen LogP contribution in [0.5, 0.6) is 11.5 Å². The number of nitrogens with zero attached hydrogens (tertiary/aromatic N) is 2. The summed E-state index contributed by atoms with van der Waals surface area (Å²) in [5.74, 6) is 0.746. The molecule has 0 aromatic heterocycles. The molecule has 0 unspecified atom stereocenters. The molecule has 1 fully saturated rings. The third kappa shape index (κ3) is 5.55. The largest absolute Gasteiger partial charge is 0.490 e. The molecular formula is C26H27BrN2O4S. The van der Waals surface area contributed by atoms with Gasteiger partial charge in [-0.05, 0) is 103 Å². The standard InChI is InChI=1S/C26H27BrN2O4S/c1-4-32-22-14-18(13-21(27)24(22)33-20-7-5-6-8-20)15-23-25(31)28-26(34-23)29(17(3)30)19-11-9-16(2)10-12-19/h9-15,20H,4-8H2,1-3H3/b23-15+. The van der Waals surface area contributed by atoms with E-state index in [4.69, 9.17) is 9.47 Å². The number of aliphatic imine (C=N–C) groups is 1. The number of amidine groups is 1. The van der Waals surface area contributed by atoms with E-state index in [-0.39, 0.29) is 17.9 Å². The number of benzene rings is 2. The van der Waals surface area contributed by atoms with Crippen molar-refractivity contribution in [2.24, 2.45) is 4.99 Å². The van der Waals surface area contributed by atoms with Gasteiger partial charge in [0.05, 0.1) is 27.8 Å². The normalized spacial score (nSPS) is 17.2. The summed E-state index contributed by atoms with van der Waals surface area (Å²) in [5, 5.41) is 0.345. The van der Waals surface area contributed by atoms with E-state index >= 15 is 0 Å². The predicted molar refractivity (Wildman–Crippen MR) is 141 cm³/mol. The number of ether oxygens (including phenoxy) is 2. The van der Waals surface area contributed by atoms with Gasteiger partial charge in [0.15, 0.2) is 16.7 Å². The molecule has 0 atom stereocenters. The van der Waals surface area contributed by atoms with Crippen molar-refractivity contribution in [2.45, 2.75) is 52.6 Å². The van der Waals surface area contributed by atoms with E-state index in [2.05, 4.69) is 20.9 Å². The summed E-state index contributed by atoms with van der Waals surface area (Å²) < 4.78 is 12.9. The summed E-state index contributed by atoms with van der Waals surface area (Å²) in [4.78, 5) is 31.2. The van der Waals surface area contributed by atoms with Crippen LogP contribution in [0.3, 0.4) is 0 Å². The Kier molecular flexibility index (Phi) is 7.78. The SMILES string of the molecule is CCOc1cc(/C=C2/SC(N(C(C)=O)c3ccc(C)cc3)=NC2=O)cc(Br)c1OC1CCCC1. The third-order valence-electron chi connectivity index (χ3n) is 5.62. The maximum absolute atomic E-state index is 12.7. The van der Waals surface area contributed by atoms with E-state index in [1.807, 2.05) is 50.2 Å². The molecule has 2 aromatic carbocycles. The van der Waals surface area contributed by atoms with Crippen LogP contribution in [-0.4, -0.2) is 29.7 Å². The molecule has 0 spiro atoms. The van der Waals surface area contributed by atoms with Crippen LogP contribution in [0, 0.1) is 6.92 Å². The van der Waals surface area contributed by atoms with Crippen LogP contribution in [-0.2, 0) is 9.59 Å². The van der Waals surface area contributed by atoms with E-state index in [1.165, 1.54) is 36.4 Å². The number of amides is 2. The minimum absolute atomic E-state index is 0.196. The van der Waals surface area contributed by atoms with Gasteiger partial charge in [-0.3, -0.25) is 14.5 Å². The lowest BCUT2D eigenvalue weighted by atomic mass is 10.1. The predicted octanol–water partition coefficient (Wildman–Crippen LogP) is 6.50. The summed E-state index contributed by atoms with van der Waals surface area (Å²) >= 11 is 4.81. The monoisotopic (exact) mass is 542 g/mol. The summed E-state index contributed by atoms with van der Waals surface area (Å²) in [5.41, 5.74) is 2.54. The maximum Gasteiger partial charge on any atom is 0.286 e. The zero-order valence-electron chi connectivity index (χ0n) is 19.5. The summed E-state index contributed by atoms with van der Waals surface area (Å²) in [6.07, 6.45) is 6.41. The number of rotatable bonds is 6. The van der Waals surface area contributed by atoms with Gasteiger partial charge in [-0.25, -0.2) is 0 Å². The molecule has 8 heteroatoms. The molecule has 0 bridgehead atoms. The molecule has 0 saturated heterocycles. The van der Waals surface area contributed by atoms with Gasteiger partial charge in [0.2, 0.25) is 5.91 Å². The lowest BCUT2D eigenvalue weighted by Crippen LogP contribution is -2.32. The maximum atomic E-state index is 12.7. The molecule has 2 amide bonds. The van der Waals surface area contributed by atoms with Gasteiger partial charge in [-0.2, -0.15) is 4.99 Å². The van der Waals surface area contributed by atoms with Crippen LogP contribution < -0.4 is 14.4 Å². The molecule has 1 saturated carbocycles. The van der Waals surface area contributed by atoms with Crippen molar-refractivity contribution in [3.8, 4) is 11.5 Å². The van der Waals surface area contributed by atoms with Crippen molar-refractivity contribution >= 4 is 56.4 Å². The van der Waals surface area contributed by atoms with E-state index in [1.54, 1.807) is 6.08 Å². The Labute approximate surface area is 212 Å². The minimum Gasteiger partial charge on any atom is -0.490 e. The molecule has 0 radical (unpaired) electrons. The average Bonchev–Trinajstić information content (AvgIpc) is 3.42. The Bertz CT molecular complexity index is 1150. The number of carbonyl (C=O) groups is 2. The molecule has 2 aromatic rings. The fourth-order valence-corrected chi connectivity index (χ4v) is 5.52. The molecule has 178 valence electrons. The van der Waals surface area contributed by atoms with Crippen molar-refractivity contribution in [3.05, 3.63) is 56.9 Å². The number of carbonyl (C=O) groups excluding carboxylic acids is 2. The first kappa shape index (κ1) is 24.5. The first-order valence-corrected chi connectivity index (χ1v) is 13.0. The second kappa shape index (κ2) is 10.8. The van der Waals surface area contributed by atoms with Crippen LogP contribution in [0.1, 0.15) is 50.7 Å². The van der Waals surface area contributed by atoms with E-state index < -0.39 is 0 Å². The second-order valence-corrected chi connectivity index (χ2v) is 10.2. The van der Waals surface area contributed by atoms with Gasteiger partial charge < -0.3 is 9.47 Å². The highest BCUT2D eigenvalue weighted by molar-refractivity contribution is 9.10. The number of hydrogen-bond acceptors (Lipinski definition) is 5. The van der Waals surface area contributed by atoms with E-state index in [9.17, 15) is 9.59 Å². The van der Waals surface area contributed by atoms with Gasteiger partial charge in [-0.1, -0.05) is 17.7 Å². The molecule has 6 nitrogen and oxygen atoms in total. The highest BCUT2D eigenvalue weighted by Crippen LogP contribution is 2.41. The molecule has 4 rings (SSSR count). The molecule has 2 aliphatic rings. The number of thioether (sulfide) groups is 1. The van der Waals surface area contributed by atoms with Crippen molar-refractivity contribution in [1.29, 1.82) is 0 Å². The molecule has 1 aliphatic carbocycles. The Morgan fingerprint density at radius 1 is 1.24 bits per heavy atom. The van der Waals surface area contributed by atoms with E-state index in [0.717, 1.165) is 28.4 Å². The number of aryl methyl sites for hydroxylation is 1. The Balaban J connectivity index is 1.60. The summed E-state index contributed by atoms with van der Waals surface area (Å²) in [6.45, 7) is 5.87. The molecule has 1 heterocycles. The van der Waals surface area contributed by atoms with Crippen LogP contribution in [0.15, 0.2) is 50.8 Å². The Morgan fingerprint density at radius 3 is 2.59 bits per heavy atom. The van der Waals surface area contributed by atoms with Gasteiger partial charge in [0.1, 0.15) is 0 Å². The first-order chi connectivity index (χ1) is 16.4. The average molecular weight is 543 g/mol. The highest BCUT2D eigenvalue weighted by Gasteiger charge is 2.29. The minimum atomic E-state index is -0.376. The van der Waals surface area contributed by atoms with Crippen LogP contribution >= 0.6 is 27.7 Å². The van der Waals surface area contributed by atoms with Crippen molar-refractivity contribution < 1.29 is 19.1 Å². The van der Waals surface area contributed by atoms with Gasteiger partial charge in [0.25, 0.3) is 5.91 Å². The smallest absolute Gasteiger partial charge is 0.286 e. The van der Waals surface area contributed by atoms with Crippen molar-refractivity contribution in [2.75, 3.05) is 11.5 Å². The fourth-order valence-electron chi connectivity index (χ4n) is 3.99. The fraction of sp³-hybridized carbons (Fsp3) is 0.346. The van der Waals surface area contributed by atoms with E-state index in [0.29, 0.717) is 33.9 Å². The lowest BCUT2D eigenvalue weighted by Gasteiger charge is -2.20. The van der Waals surface area contributed by atoms with Crippen molar-refractivity contribution in [3.63, 3.8) is 0 Å². The molecule has 34 heavy (non-hydrogen) atoms. The van der Waals surface area contributed by atoms with Gasteiger partial charge in [-0.15, -0.1) is 0 Å².